The predicted octanol–water partition coefficient (Wildman–Crippen LogP) is 2.56. The van der Waals surface area contributed by atoms with Crippen molar-refractivity contribution in [1.82, 2.24) is 0 Å². The van der Waals surface area contributed by atoms with Gasteiger partial charge in [-0.15, -0.1) is 0 Å². The monoisotopic (exact) mass is 136 g/mol. The maximum atomic E-state index is 12.3. The van der Waals surface area contributed by atoms with Crippen molar-refractivity contribution in [1.29, 1.82) is 0 Å². The van der Waals surface area contributed by atoms with Crippen molar-refractivity contribution in [2.75, 3.05) is 0 Å². The largest absolute Gasteiger partial charge is 0.207 e. The molecule has 0 amide bonds. The molecule has 0 aromatic heterocycles. The van der Waals surface area contributed by atoms with Crippen molar-refractivity contribution in [3.05, 3.63) is 36.2 Å². The Morgan fingerprint density at radius 1 is 1.60 bits per heavy atom. The Bertz CT molecular complexity index is 168. The second-order valence-corrected chi connectivity index (χ2v) is 1.97. The normalized spacial score (nSPS) is 13.4. The van der Waals surface area contributed by atoms with Gasteiger partial charge in [-0.25, -0.2) is 4.39 Å². The van der Waals surface area contributed by atoms with Gasteiger partial charge in [0.05, 0.1) is 7.85 Å². The molecule has 0 aromatic carbocycles. The minimum atomic E-state index is -0.340. The summed E-state index contributed by atoms with van der Waals surface area (Å²) in [7, 11) is 5.25. The van der Waals surface area contributed by atoms with Crippen LogP contribution in [0.1, 0.15) is 6.92 Å². The third-order valence-electron chi connectivity index (χ3n) is 1.04. The van der Waals surface area contributed by atoms with Gasteiger partial charge in [0, 0.05) is 0 Å². The van der Waals surface area contributed by atoms with E-state index in [4.69, 9.17) is 7.85 Å². The molecule has 0 fully saturated rings. The first-order chi connectivity index (χ1) is 4.70. The fraction of sp³-hybridized carbons (Fsp3) is 0.250. The molecular weight excluding hydrogens is 126 g/mol. The highest BCUT2D eigenvalue weighted by Crippen LogP contribution is 2.01. The summed E-state index contributed by atoms with van der Waals surface area (Å²) < 4.78 is 12.3. The van der Waals surface area contributed by atoms with E-state index in [2.05, 4.69) is 6.58 Å². The first-order valence-corrected chi connectivity index (χ1v) is 3.06. The second-order valence-electron chi connectivity index (χ2n) is 1.97. The summed E-state index contributed by atoms with van der Waals surface area (Å²) in [6.45, 7) is 5.10. The molecule has 0 atom stereocenters. The molecule has 2 radical (unpaired) electrons. The van der Waals surface area contributed by atoms with E-state index in [1.165, 1.54) is 6.08 Å². The number of hydrogen-bond acceptors (Lipinski definition) is 0. The topological polar surface area (TPSA) is 0 Å². The zero-order valence-electron chi connectivity index (χ0n) is 6.10. The van der Waals surface area contributed by atoms with Gasteiger partial charge in [0.15, 0.2) is 0 Å². The minimum Gasteiger partial charge on any atom is -0.207 e. The van der Waals surface area contributed by atoms with E-state index in [1.54, 1.807) is 6.08 Å². The van der Waals surface area contributed by atoms with Gasteiger partial charge in [-0.3, -0.25) is 0 Å². The maximum absolute atomic E-state index is 12.3. The predicted molar refractivity (Wildman–Crippen MR) is 43.7 cm³/mol. The number of rotatable bonds is 3. The first kappa shape index (κ1) is 9.21. The van der Waals surface area contributed by atoms with Crippen LogP contribution < -0.4 is 0 Å². The average Bonchev–Trinajstić information content (AvgIpc) is 1.99. The van der Waals surface area contributed by atoms with Gasteiger partial charge in [0.2, 0.25) is 0 Å². The fourth-order valence-corrected chi connectivity index (χ4v) is 0.358. The van der Waals surface area contributed by atoms with Crippen molar-refractivity contribution in [3.8, 4) is 0 Å². The van der Waals surface area contributed by atoms with Gasteiger partial charge < -0.3 is 0 Å². The smallest absolute Gasteiger partial charge is 0.122 e. The van der Waals surface area contributed by atoms with Crippen LogP contribution in [-0.2, 0) is 0 Å². The molecule has 52 valence electrons. The Balaban J connectivity index is 4.03. The first-order valence-electron chi connectivity index (χ1n) is 3.06. The van der Waals surface area contributed by atoms with Gasteiger partial charge >= 0.3 is 0 Å². The van der Waals surface area contributed by atoms with Crippen molar-refractivity contribution < 1.29 is 4.39 Å². The molecule has 0 heterocycles. The van der Waals surface area contributed by atoms with Crippen molar-refractivity contribution in [2.24, 2.45) is 0 Å². The molecule has 0 saturated carbocycles. The second kappa shape index (κ2) is 5.04. The number of halogens is 1. The summed E-state index contributed by atoms with van der Waals surface area (Å²) in [5.74, 6) is -0.340. The van der Waals surface area contributed by atoms with E-state index < -0.39 is 0 Å². The number of allylic oxidation sites excluding steroid dienone is 5. The lowest BCUT2D eigenvalue weighted by Crippen LogP contribution is -1.71. The SMILES string of the molecule is [B]C/C(C)=C/C=C(/F)C=C. The molecule has 0 aromatic rings. The van der Waals surface area contributed by atoms with Crippen LogP contribution in [0.3, 0.4) is 0 Å². The van der Waals surface area contributed by atoms with Crippen LogP contribution in [0.5, 0.6) is 0 Å². The molecule has 0 rings (SSSR count). The average molecular weight is 136 g/mol. The highest BCUT2D eigenvalue weighted by Gasteiger charge is 1.82. The fourth-order valence-electron chi connectivity index (χ4n) is 0.358. The quantitative estimate of drug-likeness (QED) is 0.413. The molecule has 0 unspecified atom stereocenters. The molecule has 0 N–H and O–H groups in total. The molecule has 0 aliphatic heterocycles. The van der Waals surface area contributed by atoms with Crippen LogP contribution >= 0.6 is 0 Å². The Kier molecular flexibility index (Phi) is 4.64. The molecule has 0 spiro atoms. The lowest BCUT2D eigenvalue weighted by atomic mass is 9.98. The van der Waals surface area contributed by atoms with E-state index in [0.717, 1.165) is 11.6 Å². The molecular formula is C8H10BF. The lowest BCUT2D eigenvalue weighted by Gasteiger charge is -1.89. The van der Waals surface area contributed by atoms with Gasteiger partial charge in [0.1, 0.15) is 5.83 Å². The summed E-state index contributed by atoms with van der Waals surface area (Å²) in [5, 5.41) is 0. The van der Waals surface area contributed by atoms with Crippen molar-refractivity contribution >= 4 is 7.85 Å². The van der Waals surface area contributed by atoms with Crippen LogP contribution in [-0.4, -0.2) is 7.85 Å². The van der Waals surface area contributed by atoms with Gasteiger partial charge in [-0.2, -0.15) is 0 Å². The third kappa shape index (κ3) is 4.13. The van der Waals surface area contributed by atoms with Crippen LogP contribution in [0.25, 0.3) is 0 Å². The summed E-state index contributed by atoms with van der Waals surface area (Å²) in [4.78, 5) is 0. The summed E-state index contributed by atoms with van der Waals surface area (Å²) in [6.07, 6.45) is 4.59. The van der Waals surface area contributed by atoms with Gasteiger partial charge in [0.25, 0.3) is 0 Å². The molecule has 0 bridgehead atoms. The zero-order chi connectivity index (χ0) is 7.98. The van der Waals surface area contributed by atoms with E-state index >= 15 is 0 Å². The maximum Gasteiger partial charge on any atom is 0.122 e. The van der Waals surface area contributed by atoms with Gasteiger partial charge in [-0.1, -0.05) is 24.5 Å². The van der Waals surface area contributed by atoms with E-state index in [0.29, 0.717) is 6.32 Å². The Morgan fingerprint density at radius 3 is 2.60 bits per heavy atom. The van der Waals surface area contributed by atoms with E-state index in [1.807, 2.05) is 6.92 Å². The van der Waals surface area contributed by atoms with Crippen LogP contribution in [0.2, 0.25) is 6.32 Å². The molecule has 0 aliphatic rings. The zero-order valence-corrected chi connectivity index (χ0v) is 6.10. The Hall–Kier alpha value is -0.785. The molecule has 0 aliphatic carbocycles. The molecule has 2 heteroatoms. The summed E-state index contributed by atoms with van der Waals surface area (Å²) in [5.41, 5.74) is 0.942. The standard InChI is InChI=1S/C8H10BF/c1-3-8(10)5-4-7(2)6-9/h3-5H,1,6H2,2H3/b7-4+,8-5+. The molecule has 0 nitrogen and oxygen atoms in total. The Morgan fingerprint density at radius 2 is 2.20 bits per heavy atom. The summed E-state index contributed by atoms with van der Waals surface area (Å²) in [6, 6.07) is 0. The highest BCUT2D eigenvalue weighted by atomic mass is 19.1. The van der Waals surface area contributed by atoms with Crippen LogP contribution in [0.15, 0.2) is 36.2 Å². The molecule has 10 heavy (non-hydrogen) atoms. The number of hydrogen-bond donors (Lipinski definition) is 0. The summed E-state index contributed by atoms with van der Waals surface area (Å²) >= 11 is 0. The van der Waals surface area contributed by atoms with Crippen molar-refractivity contribution in [3.63, 3.8) is 0 Å². The lowest BCUT2D eigenvalue weighted by molar-refractivity contribution is 0.667. The van der Waals surface area contributed by atoms with Crippen LogP contribution in [0.4, 0.5) is 4.39 Å². The van der Waals surface area contributed by atoms with Gasteiger partial charge in [-0.05, 0) is 19.1 Å². The van der Waals surface area contributed by atoms with E-state index in [-0.39, 0.29) is 5.83 Å². The van der Waals surface area contributed by atoms with E-state index in [9.17, 15) is 4.39 Å². The Labute approximate surface area is 62.5 Å². The molecule has 0 saturated heterocycles. The third-order valence-corrected chi connectivity index (χ3v) is 1.04. The van der Waals surface area contributed by atoms with Crippen molar-refractivity contribution in [2.45, 2.75) is 13.2 Å². The van der Waals surface area contributed by atoms with Crippen LogP contribution in [0, 0.1) is 0 Å². The highest BCUT2D eigenvalue weighted by molar-refractivity contribution is 6.10. The minimum absolute atomic E-state index is 0.340.